The molecule has 0 fully saturated rings. The molecule has 0 atom stereocenters. The van der Waals surface area contributed by atoms with Crippen molar-refractivity contribution in [1.82, 2.24) is 5.32 Å². The van der Waals surface area contributed by atoms with Crippen molar-refractivity contribution >= 4 is 23.5 Å². The third kappa shape index (κ3) is 4.34. The molecule has 2 amide bonds. The fourth-order valence-electron chi connectivity index (χ4n) is 1.85. The van der Waals surface area contributed by atoms with Gasteiger partial charge in [0.2, 0.25) is 0 Å². The van der Waals surface area contributed by atoms with Crippen molar-refractivity contribution in [3.63, 3.8) is 0 Å². The van der Waals surface area contributed by atoms with Crippen LogP contribution in [0.2, 0.25) is 0 Å². The lowest BCUT2D eigenvalue weighted by Gasteiger charge is -2.13. The van der Waals surface area contributed by atoms with Crippen molar-refractivity contribution < 1.29 is 9.18 Å². The summed E-state index contributed by atoms with van der Waals surface area (Å²) in [6.45, 7) is 0. The van der Waals surface area contributed by atoms with E-state index in [-0.39, 0.29) is 11.8 Å². The molecule has 114 valence electrons. The summed E-state index contributed by atoms with van der Waals surface area (Å²) < 4.78 is 13.4. The highest BCUT2D eigenvalue weighted by atomic mass is 19.1. The zero-order valence-corrected chi connectivity index (χ0v) is 12.5. The fourth-order valence-corrected chi connectivity index (χ4v) is 1.85. The summed E-state index contributed by atoms with van der Waals surface area (Å²) in [7, 11) is 3.85. The van der Waals surface area contributed by atoms with E-state index in [0.717, 1.165) is 5.69 Å². The second-order valence-corrected chi connectivity index (χ2v) is 4.90. The molecular formula is C17H18FN3O. The molecule has 0 saturated heterocycles. The van der Waals surface area contributed by atoms with Crippen LogP contribution in [0.4, 0.5) is 20.6 Å². The van der Waals surface area contributed by atoms with Crippen LogP contribution >= 0.6 is 0 Å². The van der Waals surface area contributed by atoms with Crippen LogP contribution in [0.1, 0.15) is 5.56 Å². The summed E-state index contributed by atoms with van der Waals surface area (Å²) in [5.41, 5.74) is 2.08. The van der Waals surface area contributed by atoms with E-state index < -0.39 is 0 Å². The predicted molar refractivity (Wildman–Crippen MR) is 88.4 cm³/mol. The molecule has 0 heterocycles. The maximum Gasteiger partial charge on any atom is 0.323 e. The van der Waals surface area contributed by atoms with Crippen LogP contribution in [0.5, 0.6) is 0 Å². The highest BCUT2D eigenvalue weighted by molar-refractivity contribution is 5.90. The molecule has 2 aromatic rings. The number of halogens is 1. The summed E-state index contributed by atoms with van der Waals surface area (Å²) in [5.74, 6) is -0.334. The third-order valence-electron chi connectivity index (χ3n) is 3.00. The van der Waals surface area contributed by atoms with Crippen LogP contribution < -0.4 is 15.5 Å². The number of anilines is 2. The number of hydrogen-bond donors (Lipinski definition) is 2. The number of nitrogens with one attached hydrogen (secondary N) is 2. The Labute approximate surface area is 129 Å². The van der Waals surface area contributed by atoms with E-state index in [2.05, 4.69) is 10.6 Å². The molecular weight excluding hydrogens is 281 g/mol. The summed E-state index contributed by atoms with van der Waals surface area (Å²) >= 11 is 0. The van der Waals surface area contributed by atoms with Gasteiger partial charge in [0.25, 0.3) is 0 Å². The van der Waals surface area contributed by atoms with Gasteiger partial charge in [-0.25, -0.2) is 9.18 Å². The molecule has 2 rings (SSSR count). The lowest BCUT2D eigenvalue weighted by molar-refractivity contribution is 0.255. The monoisotopic (exact) mass is 299 g/mol. The van der Waals surface area contributed by atoms with Crippen LogP contribution in [-0.2, 0) is 0 Å². The zero-order chi connectivity index (χ0) is 15.9. The van der Waals surface area contributed by atoms with Crippen LogP contribution in [0.25, 0.3) is 6.08 Å². The Bertz CT molecular complexity index is 683. The van der Waals surface area contributed by atoms with E-state index in [1.165, 1.54) is 18.3 Å². The van der Waals surface area contributed by atoms with Gasteiger partial charge >= 0.3 is 6.03 Å². The van der Waals surface area contributed by atoms with Gasteiger partial charge in [0.1, 0.15) is 5.82 Å². The van der Waals surface area contributed by atoms with Crippen LogP contribution in [0.3, 0.4) is 0 Å². The number of rotatable bonds is 4. The molecule has 2 aromatic carbocycles. The average molecular weight is 299 g/mol. The fraction of sp³-hybridized carbons (Fsp3) is 0.118. The second kappa shape index (κ2) is 7.26. The molecule has 0 unspecified atom stereocenters. The van der Waals surface area contributed by atoms with Crippen LogP contribution in [-0.4, -0.2) is 20.1 Å². The summed E-state index contributed by atoms with van der Waals surface area (Å²) in [6, 6.07) is 13.4. The van der Waals surface area contributed by atoms with E-state index >= 15 is 0 Å². The normalized spacial score (nSPS) is 10.5. The zero-order valence-electron chi connectivity index (χ0n) is 12.5. The first-order chi connectivity index (χ1) is 10.6. The van der Waals surface area contributed by atoms with Gasteiger partial charge in [-0.3, -0.25) is 0 Å². The van der Waals surface area contributed by atoms with Gasteiger partial charge in [0.15, 0.2) is 0 Å². The lowest BCUT2D eigenvalue weighted by atomic mass is 10.2. The van der Waals surface area contributed by atoms with Crippen molar-refractivity contribution in [3.8, 4) is 0 Å². The van der Waals surface area contributed by atoms with E-state index in [9.17, 15) is 9.18 Å². The molecule has 0 saturated carbocycles. The Morgan fingerprint density at radius 3 is 2.64 bits per heavy atom. The molecule has 2 N–H and O–H groups in total. The Morgan fingerprint density at radius 1 is 1.14 bits per heavy atom. The molecule has 0 aromatic heterocycles. The minimum Gasteiger partial charge on any atom is -0.378 e. The van der Waals surface area contributed by atoms with Crippen molar-refractivity contribution in [2.45, 2.75) is 0 Å². The first-order valence-electron chi connectivity index (χ1n) is 6.82. The second-order valence-electron chi connectivity index (χ2n) is 4.90. The molecule has 22 heavy (non-hydrogen) atoms. The molecule has 5 heteroatoms. The largest absolute Gasteiger partial charge is 0.378 e. The number of amides is 2. The van der Waals surface area contributed by atoms with Crippen LogP contribution in [0.15, 0.2) is 54.7 Å². The van der Waals surface area contributed by atoms with Crippen molar-refractivity contribution in [1.29, 1.82) is 0 Å². The number of carbonyl (C=O) groups is 1. The van der Waals surface area contributed by atoms with E-state index in [0.29, 0.717) is 11.3 Å². The summed E-state index contributed by atoms with van der Waals surface area (Å²) in [6.07, 6.45) is 2.91. The highest BCUT2D eigenvalue weighted by Crippen LogP contribution is 2.17. The van der Waals surface area contributed by atoms with Gasteiger partial charge in [-0.1, -0.05) is 24.3 Å². The number of carbonyl (C=O) groups excluding carboxylic acids is 1. The van der Waals surface area contributed by atoms with Crippen molar-refractivity contribution in [2.75, 3.05) is 24.3 Å². The van der Waals surface area contributed by atoms with Crippen molar-refractivity contribution in [3.05, 3.63) is 66.1 Å². The number of hydrogen-bond acceptors (Lipinski definition) is 2. The Morgan fingerprint density at radius 2 is 1.91 bits per heavy atom. The molecule has 0 aliphatic rings. The van der Waals surface area contributed by atoms with Gasteiger partial charge in [-0.05, 0) is 30.3 Å². The lowest BCUT2D eigenvalue weighted by Crippen LogP contribution is -2.23. The molecule has 0 bridgehead atoms. The van der Waals surface area contributed by atoms with Gasteiger partial charge in [-0.15, -0.1) is 0 Å². The van der Waals surface area contributed by atoms with Gasteiger partial charge in [0.05, 0.1) is 0 Å². The van der Waals surface area contributed by atoms with E-state index in [4.69, 9.17) is 0 Å². The molecule has 0 aliphatic heterocycles. The third-order valence-corrected chi connectivity index (χ3v) is 3.00. The maximum absolute atomic E-state index is 13.4. The Hall–Kier alpha value is -2.82. The smallest absolute Gasteiger partial charge is 0.323 e. The standard InChI is InChI=1S/C17H18FN3O/c1-21(2)15-8-5-7-14(12-15)20-17(22)19-11-10-13-6-3-4-9-16(13)18/h3-12H,1-2H3,(H2,19,20,22)/b11-10+. The minimum absolute atomic E-state index is 0.334. The summed E-state index contributed by atoms with van der Waals surface area (Å²) in [5, 5.41) is 5.26. The van der Waals surface area contributed by atoms with Gasteiger partial charge in [-0.2, -0.15) is 0 Å². The molecule has 0 radical (unpaired) electrons. The van der Waals surface area contributed by atoms with Gasteiger partial charge < -0.3 is 15.5 Å². The SMILES string of the molecule is CN(C)c1cccc(NC(=O)N/C=C/c2ccccc2F)c1. The first kappa shape index (κ1) is 15.6. The average Bonchev–Trinajstić information content (AvgIpc) is 2.49. The molecule has 4 nitrogen and oxygen atoms in total. The van der Waals surface area contributed by atoms with Crippen molar-refractivity contribution in [2.24, 2.45) is 0 Å². The highest BCUT2D eigenvalue weighted by Gasteiger charge is 2.02. The first-order valence-corrected chi connectivity index (χ1v) is 6.82. The maximum atomic E-state index is 13.4. The topological polar surface area (TPSA) is 44.4 Å². The quantitative estimate of drug-likeness (QED) is 0.904. The van der Waals surface area contributed by atoms with Crippen LogP contribution in [0, 0.1) is 5.82 Å². The molecule has 0 aliphatic carbocycles. The summed E-state index contributed by atoms with van der Waals surface area (Å²) in [4.78, 5) is 13.7. The number of urea groups is 1. The molecule has 0 spiro atoms. The predicted octanol–water partition coefficient (Wildman–Crippen LogP) is 3.68. The minimum atomic E-state index is -0.386. The van der Waals surface area contributed by atoms with E-state index in [1.807, 2.05) is 37.2 Å². The number of benzene rings is 2. The Balaban J connectivity index is 1.93. The van der Waals surface area contributed by atoms with Gasteiger partial charge in [0, 0.05) is 37.2 Å². The number of nitrogens with zero attached hydrogens (tertiary/aromatic N) is 1. The Kier molecular flexibility index (Phi) is 5.14. The van der Waals surface area contributed by atoms with E-state index in [1.54, 1.807) is 24.3 Å².